The molecule has 5 heteroatoms. The molecule has 17 heavy (non-hydrogen) atoms. The fourth-order valence-electron chi connectivity index (χ4n) is 1.98. The molecule has 1 atom stereocenters. The molecule has 2 heterocycles. The minimum atomic E-state index is 0.0567. The maximum absolute atomic E-state index is 12.2. The van der Waals surface area contributed by atoms with Gasteiger partial charge in [-0.1, -0.05) is 6.07 Å². The van der Waals surface area contributed by atoms with Crippen molar-refractivity contribution in [2.45, 2.75) is 12.5 Å². The van der Waals surface area contributed by atoms with E-state index in [-0.39, 0.29) is 11.9 Å². The van der Waals surface area contributed by atoms with E-state index >= 15 is 0 Å². The zero-order chi connectivity index (χ0) is 12.1. The maximum Gasteiger partial charge on any atom is 0.228 e. The van der Waals surface area contributed by atoms with E-state index in [4.69, 9.17) is 9.47 Å². The average Bonchev–Trinajstić information content (AvgIpc) is 2.83. The highest BCUT2D eigenvalue weighted by molar-refractivity contribution is 7.10. The second kappa shape index (κ2) is 6.14. The van der Waals surface area contributed by atoms with Gasteiger partial charge in [0.2, 0.25) is 5.91 Å². The van der Waals surface area contributed by atoms with E-state index in [1.807, 2.05) is 22.4 Å². The Bertz CT molecular complexity index is 351. The van der Waals surface area contributed by atoms with Gasteiger partial charge >= 0.3 is 0 Å². The zero-order valence-corrected chi connectivity index (χ0v) is 10.7. The molecule has 0 bridgehead atoms. The van der Waals surface area contributed by atoms with Gasteiger partial charge in [-0.05, 0) is 11.4 Å². The monoisotopic (exact) mass is 255 g/mol. The molecule has 2 rings (SSSR count). The minimum absolute atomic E-state index is 0.0567. The first-order valence-electron chi connectivity index (χ1n) is 5.70. The molecule has 1 aromatic rings. The summed E-state index contributed by atoms with van der Waals surface area (Å²) in [6.45, 7) is 2.40. The summed E-state index contributed by atoms with van der Waals surface area (Å²) in [6.07, 6.45) is 0.484. The molecule has 0 spiro atoms. The number of rotatable bonds is 4. The van der Waals surface area contributed by atoms with Gasteiger partial charge in [0.15, 0.2) is 0 Å². The Kier molecular flexibility index (Phi) is 4.53. The van der Waals surface area contributed by atoms with E-state index in [9.17, 15) is 4.79 Å². The predicted octanol–water partition coefficient (Wildman–Crippen LogP) is 1.16. The van der Waals surface area contributed by atoms with Crippen molar-refractivity contribution >= 4 is 17.2 Å². The van der Waals surface area contributed by atoms with E-state index in [2.05, 4.69) is 0 Å². The van der Waals surface area contributed by atoms with Gasteiger partial charge < -0.3 is 14.4 Å². The van der Waals surface area contributed by atoms with Crippen molar-refractivity contribution in [3.8, 4) is 0 Å². The molecular weight excluding hydrogens is 238 g/mol. The van der Waals surface area contributed by atoms with Crippen molar-refractivity contribution in [1.29, 1.82) is 0 Å². The lowest BCUT2D eigenvalue weighted by Crippen LogP contribution is -2.51. The quantitative estimate of drug-likeness (QED) is 0.810. The van der Waals surface area contributed by atoms with Crippen LogP contribution in [0.15, 0.2) is 17.5 Å². The highest BCUT2D eigenvalue weighted by Crippen LogP contribution is 2.14. The third kappa shape index (κ3) is 3.28. The lowest BCUT2D eigenvalue weighted by Gasteiger charge is -2.35. The molecule has 0 radical (unpaired) electrons. The van der Waals surface area contributed by atoms with Gasteiger partial charge in [0.05, 0.1) is 32.3 Å². The molecule has 94 valence electrons. The average molecular weight is 255 g/mol. The standard InChI is InChI=1S/C12H17NO3S/c1-15-8-10-9-16-5-4-13(10)12(14)7-11-3-2-6-17-11/h2-3,6,10H,4-5,7-9H2,1H3. The van der Waals surface area contributed by atoms with Crippen LogP contribution in [0.25, 0.3) is 0 Å². The van der Waals surface area contributed by atoms with E-state index in [0.717, 1.165) is 4.88 Å². The van der Waals surface area contributed by atoms with Crippen molar-refractivity contribution < 1.29 is 14.3 Å². The number of methoxy groups -OCH3 is 1. The molecule has 1 aromatic heterocycles. The van der Waals surface area contributed by atoms with E-state index in [0.29, 0.717) is 32.8 Å². The smallest absolute Gasteiger partial charge is 0.228 e. The van der Waals surface area contributed by atoms with Crippen LogP contribution in [0.5, 0.6) is 0 Å². The second-order valence-electron chi connectivity index (χ2n) is 4.03. The number of ether oxygens (including phenoxy) is 2. The fraction of sp³-hybridized carbons (Fsp3) is 0.583. The largest absolute Gasteiger partial charge is 0.382 e. The summed E-state index contributed by atoms with van der Waals surface area (Å²) >= 11 is 1.62. The second-order valence-corrected chi connectivity index (χ2v) is 5.06. The molecule has 0 saturated carbocycles. The number of morpholine rings is 1. The normalized spacial score (nSPS) is 20.5. The van der Waals surface area contributed by atoms with Gasteiger partial charge in [-0.15, -0.1) is 11.3 Å². The van der Waals surface area contributed by atoms with Crippen LogP contribution in [0.3, 0.4) is 0 Å². The third-order valence-electron chi connectivity index (χ3n) is 2.81. The van der Waals surface area contributed by atoms with Crippen LogP contribution in [0.1, 0.15) is 4.88 Å². The van der Waals surface area contributed by atoms with E-state index in [1.54, 1.807) is 18.4 Å². The molecule has 0 aromatic carbocycles. The van der Waals surface area contributed by atoms with Gasteiger partial charge in [0.25, 0.3) is 0 Å². The molecule has 0 aliphatic carbocycles. The molecule has 1 aliphatic heterocycles. The summed E-state index contributed by atoms with van der Waals surface area (Å²) in [6, 6.07) is 4.02. The summed E-state index contributed by atoms with van der Waals surface area (Å²) in [5.41, 5.74) is 0. The summed E-state index contributed by atoms with van der Waals surface area (Å²) in [7, 11) is 1.65. The first-order valence-corrected chi connectivity index (χ1v) is 6.57. The highest BCUT2D eigenvalue weighted by atomic mass is 32.1. The first kappa shape index (κ1) is 12.5. The SMILES string of the molecule is COCC1COCCN1C(=O)Cc1cccs1. The number of carbonyl (C=O) groups excluding carboxylic acids is 1. The summed E-state index contributed by atoms with van der Waals surface area (Å²) < 4.78 is 10.5. The van der Waals surface area contributed by atoms with Crippen molar-refractivity contribution in [2.75, 3.05) is 33.5 Å². The van der Waals surface area contributed by atoms with Gasteiger partial charge in [0, 0.05) is 18.5 Å². The lowest BCUT2D eigenvalue weighted by molar-refractivity contribution is -0.141. The Morgan fingerprint density at radius 3 is 3.29 bits per heavy atom. The highest BCUT2D eigenvalue weighted by Gasteiger charge is 2.27. The van der Waals surface area contributed by atoms with E-state index < -0.39 is 0 Å². The predicted molar refractivity (Wildman–Crippen MR) is 66.2 cm³/mol. The van der Waals surface area contributed by atoms with Gasteiger partial charge in [-0.2, -0.15) is 0 Å². The number of hydrogen-bond acceptors (Lipinski definition) is 4. The Morgan fingerprint density at radius 2 is 2.59 bits per heavy atom. The Balaban J connectivity index is 1.96. The number of nitrogens with zero attached hydrogens (tertiary/aromatic N) is 1. The molecule has 4 nitrogen and oxygen atoms in total. The van der Waals surface area contributed by atoms with Crippen LogP contribution in [0, 0.1) is 0 Å². The Hall–Kier alpha value is -0.910. The molecule has 0 N–H and O–H groups in total. The number of amides is 1. The van der Waals surface area contributed by atoms with Gasteiger partial charge in [-0.3, -0.25) is 4.79 Å². The Labute approximate surface area is 105 Å². The minimum Gasteiger partial charge on any atom is -0.382 e. The van der Waals surface area contributed by atoms with Crippen LogP contribution in [-0.4, -0.2) is 50.3 Å². The van der Waals surface area contributed by atoms with Crippen LogP contribution in [0.2, 0.25) is 0 Å². The van der Waals surface area contributed by atoms with Gasteiger partial charge in [-0.25, -0.2) is 0 Å². The zero-order valence-electron chi connectivity index (χ0n) is 9.93. The topological polar surface area (TPSA) is 38.8 Å². The van der Waals surface area contributed by atoms with Crippen LogP contribution in [-0.2, 0) is 20.7 Å². The molecule has 1 unspecified atom stereocenters. The third-order valence-corrected chi connectivity index (χ3v) is 3.69. The summed E-state index contributed by atoms with van der Waals surface area (Å²) in [5, 5.41) is 1.99. The Morgan fingerprint density at radius 1 is 1.71 bits per heavy atom. The molecule has 1 amide bonds. The number of hydrogen-bond donors (Lipinski definition) is 0. The van der Waals surface area contributed by atoms with E-state index in [1.165, 1.54) is 0 Å². The molecule has 1 fully saturated rings. The molecule has 1 saturated heterocycles. The summed E-state index contributed by atoms with van der Waals surface area (Å²) in [4.78, 5) is 15.2. The molecular formula is C12H17NO3S. The van der Waals surface area contributed by atoms with Crippen molar-refractivity contribution in [3.05, 3.63) is 22.4 Å². The number of thiophene rings is 1. The first-order chi connectivity index (χ1) is 8.31. The van der Waals surface area contributed by atoms with Crippen molar-refractivity contribution in [2.24, 2.45) is 0 Å². The maximum atomic E-state index is 12.2. The lowest BCUT2D eigenvalue weighted by atomic mass is 10.2. The summed E-state index contributed by atoms with van der Waals surface area (Å²) in [5.74, 6) is 0.165. The van der Waals surface area contributed by atoms with Crippen molar-refractivity contribution in [3.63, 3.8) is 0 Å². The van der Waals surface area contributed by atoms with Gasteiger partial charge in [0.1, 0.15) is 0 Å². The van der Waals surface area contributed by atoms with Crippen molar-refractivity contribution in [1.82, 2.24) is 4.90 Å². The number of carbonyl (C=O) groups is 1. The fourth-order valence-corrected chi connectivity index (χ4v) is 2.67. The molecule has 1 aliphatic rings. The van der Waals surface area contributed by atoms with Crippen LogP contribution < -0.4 is 0 Å². The van der Waals surface area contributed by atoms with Crippen LogP contribution in [0.4, 0.5) is 0 Å². The van der Waals surface area contributed by atoms with Crippen LogP contribution >= 0.6 is 11.3 Å².